The molecule has 1 aromatic heterocycles. The fourth-order valence-electron chi connectivity index (χ4n) is 3.24. The highest BCUT2D eigenvalue weighted by molar-refractivity contribution is 6.00. The van der Waals surface area contributed by atoms with E-state index in [9.17, 15) is 14.7 Å². The molecular formula is C15H21N3O3. The first-order valence-electron chi connectivity index (χ1n) is 7.20. The number of carboxylic acid groups (broad SMARTS) is 1. The Balaban J connectivity index is 2.57. The van der Waals surface area contributed by atoms with Gasteiger partial charge in [-0.3, -0.25) is 4.79 Å². The number of carbonyl (C=O) groups is 2. The summed E-state index contributed by atoms with van der Waals surface area (Å²) >= 11 is 0. The first-order chi connectivity index (χ1) is 9.94. The van der Waals surface area contributed by atoms with Gasteiger partial charge in [0.05, 0.1) is 5.56 Å². The van der Waals surface area contributed by atoms with Crippen LogP contribution in [0.3, 0.4) is 0 Å². The first-order valence-corrected chi connectivity index (χ1v) is 7.20. The predicted molar refractivity (Wildman–Crippen MR) is 79.3 cm³/mol. The van der Waals surface area contributed by atoms with Crippen LogP contribution in [0.1, 0.15) is 48.5 Å². The molecule has 1 fully saturated rings. The van der Waals surface area contributed by atoms with Crippen molar-refractivity contribution in [3.63, 3.8) is 0 Å². The van der Waals surface area contributed by atoms with Crippen molar-refractivity contribution >= 4 is 17.7 Å². The topological polar surface area (TPSA) is 96.5 Å². The number of anilines is 1. The van der Waals surface area contributed by atoms with Crippen molar-refractivity contribution < 1.29 is 14.7 Å². The second-order valence-electron chi connectivity index (χ2n) is 5.53. The quantitative estimate of drug-likeness (QED) is 0.861. The van der Waals surface area contributed by atoms with E-state index in [0.717, 1.165) is 18.4 Å². The third kappa shape index (κ3) is 2.46. The van der Waals surface area contributed by atoms with Gasteiger partial charge in [0.2, 0.25) is 0 Å². The maximum absolute atomic E-state index is 11.9. The maximum atomic E-state index is 11.9. The van der Waals surface area contributed by atoms with Crippen LogP contribution in [0.4, 0.5) is 5.82 Å². The molecule has 2 rings (SSSR count). The molecule has 21 heavy (non-hydrogen) atoms. The van der Waals surface area contributed by atoms with Crippen LogP contribution in [0.5, 0.6) is 0 Å². The van der Waals surface area contributed by atoms with Gasteiger partial charge in [-0.2, -0.15) is 0 Å². The number of pyridine rings is 1. The van der Waals surface area contributed by atoms with Gasteiger partial charge in [0.25, 0.3) is 5.91 Å². The van der Waals surface area contributed by atoms with Gasteiger partial charge in [0.1, 0.15) is 11.4 Å². The molecule has 3 N–H and O–H groups in total. The van der Waals surface area contributed by atoms with Crippen molar-refractivity contribution in [3.8, 4) is 0 Å². The number of carboxylic acids is 1. The number of nitrogens with two attached hydrogens (primary N) is 1. The monoisotopic (exact) mass is 291 g/mol. The zero-order valence-electron chi connectivity index (χ0n) is 12.4. The summed E-state index contributed by atoms with van der Waals surface area (Å²) in [7, 11) is 0. The number of aryl methyl sites for hydroxylation is 1. The van der Waals surface area contributed by atoms with E-state index in [1.54, 1.807) is 24.1 Å². The highest BCUT2D eigenvalue weighted by Gasteiger charge is 2.48. The minimum atomic E-state index is -0.986. The normalized spacial score (nSPS) is 21.5. The summed E-state index contributed by atoms with van der Waals surface area (Å²) in [5.74, 6) is -1.03. The molecule has 114 valence electrons. The maximum Gasteiger partial charge on any atom is 0.329 e. The zero-order chi connectivity index (χ0) is 15.6. The number of primary amides is 1. The summed E-state index contributed by atoms with van der Waals surface area (Å²) in [6, 6.07) is 1.71. The van der Waals surface area contributed by atoms with Crippen molar-refractivity contribution in [3.05, 3.63) is 23.4 Å². The van der Waals surface area contributed by atoms with Crippen molar-refractivity contribution in [1.82, 2.24) is 4.98 Å². The molecule has 1 saturated heterocycles. The highest BCUT2D eigenvalue weighted by atomic mass is 16.4. The number of amides is 1. The molecular weight excluding hydrogens is 270 g/mol. The molecule has 6 heteroatoms. The van der Waals surface area contributed by atoms with Gasteiger partial charge in [0.15, 0.2) is 0 Å². The van der Waals surface area contributed by atoms with E-state index in [-0.39, 0.29) is 0 Å². The van der Waals surface area contributed by atoms with E-state index in [0.29, 0.717) is 30.8 Å². The minimum absolute atomic E-state index is 0.320. The molecule has 1 amide bonds. The van der Waals surface area contributed by atoms with E-state index in [2.05, 4.69) is 4.98 Å². The third-order valence-electron chi connectivity index (χ3n) is 4.19. The standard InChI is InChI=1S/C15H21N3O3/c1-3-6-15(14(20)21)7-4-9-18(15)13-11(12(16)19)10(2)5-8-17-13/h5,8H,3-4,6-7,9H2,1-2H3,(H2,16,19)(H,20,21). The summed E-state index contributed by atoms with van der Waals surface area (Å²) in [6.45, 7) is 4.31. The molecule has 1 aromatic rings. The number of carbonyl (C=O) groups excluding carboxylic acids is 1. The van der Waals surface area contributed by atoms with Gasteiger partial charge >= 0.3 is 5.97 Å². The van der Waals surface area contributed by atoms with Crippen LogP contribution >= 0.6 is 0 Å². The Morgan fingerprint density at radius 2 is 2.24 bits per heavy atom. The smallest absolute Gasteiger partial charge is 0.329 e. The van der Waals surface area contributed by atoms with Gasteiger partial charge in [-0.05, 0) is 37.8 Å². The summed E-state index contributed by atoms with van der Waals surface area (Å²) < 4.78 is 0. The minimum Gasteiger partial charge on any atom is -0.479 e. The Kier molecular flexibility index (Phi) is 4.16. The molecule has 1 unspecified atom stereocenters. The molecule has 0 aromatic carbocycles. The molecule has 0 spiro atoms. The lowest BCUT2D eigenvalue weighted by Crippen LogP contribution is -2.51. The zero-order valence-corrected chi connectivity index (χ0v) is 12.4. The van der Waals surface area contributed by atoms with Crippen LogP contribution in [-0.2, 0) is 4.79 Å². The number of hydrogen-bond donors (Lipinski definition) is 2. The summed E-state index contributed by atoms with van der Waals surface area (Å²) in [5.41, 5.74) is 5.52. The van der Waals surface area contributed by atoms with Crippen LogP contribution in [0, 0.1) is 6.92 Å². The van der Waals surface area contributed by atoms with Gasteiger partial charge in [-0.15, -0.1) is 0 Å². The van der Waals surface area contributed by atoms with Crippen molar-refractivity contribution in [2.24, 2.45) is 5.73 Å². The van der Waals surface area contributed by atoms with E-state index < -0.39 is 17.4 Å². The lowest BCUT2D eigenvalue weighted by atomic mass is 9.90. The largest absolute Gasteiger partial charge is 0.479 e. The lowest BCUT2D eigenvalue weighted by Gasteiger charge is -2.36. The molecule has 0 radical (unpaired) electrons. The van der Waals surface area contributed by atoms with Gasteiger partial charge in [-0.1, -0.05) is 13.3 Å². The number of aromatic nitrogens is 1. The summed E-state index contributed by atoms with van der Waals surface area (Å²) in [4.78, 5) is 29.6. The van der Waals surface area contributed by atoms with Crippen molar-refractivity contribution in [2.75, 3.05) is 11.4 Å². The molecule has 0 aliphatic carbocycles. The lowest BCUT2D eigenvalue weighted by molar-refractivity contribution is -0.143. The molecule has 1 aliphatic rings. The SMILES string of the molecule is CCCC1(C(=O)O)CCCN1c1nccc(C)c1C(N)=O. The predicted octanol–water partition coefficient (Wildman–Crippen LogP) is 1.71. The Bertz CT molecular complexity index is 573. The summed E-state index contributed by atoms with van der Waals surface area (Å²) in [5, 5.41) is 9.74. The molecule has 0 bridgehead atoms. The van der Waals surface area contributed by atoms with Crippen molar-refractivity contribution in [1.29, 1.82) is 0 Å². The molecule has 1 atom stereocenters. The molecule has 2 heterocycles. The third-order valence-corrected chi connectivity index (χ3v) is 4.19. The number of nitrogens with zero attached hydrogens (tertiary/aromatic N) is 2. The van der Waals surface area contributed by atoms with Gasteiger partial charge in [0, 0.05) is 12.7 Å². The first kappa shape index (κ1) is 15.3. The second kappa shape index (κ2) is 5.71. The Morgan fingerprint density at radius 3 is 2.81 bits per heavy atom. The Hall–Kier alpha value is -2.11. The van der Waals surface area contributed by atoms with Crippen LogP contribution in [0.15, 0.2) is 12.3 Å². The van der Waals surface area contributed by atoms with Gasteiger partial charge < -0.3 is 15.7 Å². The van der Waals surface area contributed by atoms with Crippen LogP contribution < -0.4 is 10.6 Å². The second-order valence-corrected chi connectivity index (χ2v) is 5.53. The molecule has 0 saturated carbocycles. The summed E-state index contributed by atoms with van der Waals surface area (Å²) in [6.07, 6.45) is 4.19. The molecule has 6 nitrogen and oxygen atoms in total. The molecule has 1 aliphatic heterocycles. The highest BCUT2D eigenvalue weighted by Crippen LogP contribution is 2.38. The van der Waals surface area contributed by atoms with E-state index in [4.69, 9.17) is 5.73 Å². The van der Waals surface area contributed by atoms with E-state index >= 15 is 0 Å². The van der Waals surface area contributed by atoms with Crippen LogP contribution in [0.2, 0.25) is 0 Å². The van der Waals surface area contributed by atoms with Crippen LogP contribution in [0.25, 0.3) is 0 Å². The Labute approximate surface area is 124 Å². The van der Waals surface area contributed by atoms with E-state index in [1.165, 1.54) is 0 Å². The van der Waals surface area contributed by atoms with Gasteiger partial charge in [-0.25, -0.2) is 9.78 Å². The number of rotatable bonds is 5. The average molecular weight is 291 g/mol. The van der Waals surface area contributed by atoms with Crippen molar-refractivity contribution in [2.45, 2.75) is 45.1 Å². The van der Waals surface area contributed by atoms with Crippen LogP contribution in [-0.4, -0.2) is 34.1 Å². The average Bonchev–Trinajstić information content (AvgIpc) is 2.83. The number of hydrogen-bond acceptors (Lipinski definition) is 4. The fraction of sp³-hybridized carbons (Fsp3) is 0.533. The number of aliphatic carboxylic acids is 1. The fourth-order valence-corrected chi connectivity index (χ4v) is 3.24. The van der Waals surface area contributed by atoms with E-state index in [1.807, 2.05) is 6.92 Å². The Morgan fingerprint density at radius 1 is 1.52 bits per heavy atom.